The van der Waals surface area contributed by atoms with Gasteiger partial charge in [0.2, 0.25) is 0 Å². The number of hydrogen-bond acceptors (Lipinski definition) is 3. The standard InChI is InChI=1S/C15H12F3N3O2/c16-15(17,18)14(23)21-11-5-3-4-10(8-11)9-20-13(22)12-6-1-2-7-19-12/h1-8H,9H2,(H,20,22)(H,21,23). The van der Waals surface area contributed by atoms with Crippen molar-refractivity contribution in [2.75, 3.05) is 5.32 Å². The summed E-state index contributed by atoms with van der Waals surface area (Å²) >= 11 is 0. The lowest BCUT2D eigenvalue weighted by Gasteiger charge is -2.10. The topological polar surface area (TPSA) is 71.1 Å². The second kappa shape index (κ2) is 6.91. The summed E-state index contributed by atoms with van der Waals surface area (Å²) in [5.41, 5.74) is 0.764. The molecule has 0 bridgehead atoms. The average molecular weight is 323 g/mol. The van der Waals surface area contributed by atoms with Crippen LogP contribution in [0.4, 0.5) is 18.9 Å². The Labute approximate surface area is 129 Å². The van der Waals surface area contributed by atoms with Crippen LogP contribution in [0.15, 0.2) is 48.7 Å². The lowest BCUT2D eigenvalue weighted by Crippen LogP contribution is -2.30. The molecular weight excluding hydrogens is 311 g/mol. The maximum atomic E-state index is 12.2. The molecule has 0 aliphatic rings. The van der Waals surface area contributed by atoms with Gasteiger partial charge >= 0.3 is 12.1 Å². The Morgan fingerprint density at radius 3 is 2.52 bits per heavy atom. The summed E-state index contributed by atoms with van der Waals surface area (Å²) in [7, 11) is 0. The van der Waals surface area contributed by atoms with Crippen LogP contribution < -0.4 is 10.6 Å². The van der Waals surface area contributed by atoms with Gasteiger partial charge in [-0.3, -0.25) is 14.6 Å². The van der Waals surface area contributed by atoms with Crippen LogP contribution in [0.25, 0.3) is 0 Å². The maximum absolute atomic E-state index is 12.2. The molecule has 2 rings (SSSR count). The number of carbonyl (C=O) groups is 2. The van der Waals surface area contributed by atoms with E-state index in [-0.39, 0.29) is 17.9 Å². The van der Waals surface area contributed by atoms with Gasteiger partial charge in [-0.15, -0.1) is 0 Å². The Morgan fingerprint density at radius 2 is 1.87 bits per heavy atom. The molecule has 2 aromatic rings. The molecule has 0 saturated carbocycles. The molecule has 8 heteroatoms. The molecule has 23 heavy (non-hydrogen) atoms. The largest absolute Gasteiger partial charge is 0.471 e. The van der Waals surface area contributed by atoms with Gasteiger partial charge in [-0.1, -0.05) is 18.2 Å². The SMILES string of the molecule is O=C(NCc1cccc(NC(=O)C(F)(F)F)c1)c1ccccn1. The zero-order valence-corrected chi connectivity index (χ0v) is 11.7. The van der Waals surface area contributed by atoms with Gasteiger partial charge < -0.3 is 10.6 Å². The molecule has 1 aromatic heterocycles. The Morgan fingerprint density at radius 1 is 1.09 bits per heavy atom. The summed E-state index contributed by atoms with van der Waals surface area (Å²) in [4.78, 5) is 26.6. The Hall–Kier alpha value is -2.90. The maximum Gasteiger partial charge on any atom is 0.471 e. The third kappa shape index (κ3) is 4.80. The number of carbonyl (C=O) groups excluding carboxylic acids is 2. The molecule has 2 N–H and O–H groups in total. The number of benzene rings is 1. The van der Waals surface area contributed by atoms with Gasteiger partial charge in [-0.2, -0.15) is 13.2 Å². The number of rotatable bonds is 4. The minimum Gasteiger partial charge on any atom is -0.347 e. The molecule has 5 nitrogen and oxygen atoms in total. The zero-order chi connectivity index (χ0) is 16.9. The van der Waals surface area contributed by atoms with Crippen LogP contribution in [0, 0.1) is 0 Å². The molecule has 0 aliphatic heterocycles. The Balaban J connectivity index is 1.98. The second-order valence-corrected chi connectivity index (χ2v) is 4.55. The highest BCUT2D eigenvalue weighted by molar-refractivity contribution is 5.95. The third-order valence-corrected chi connectivity index (χ3v) is 2.79. The van der Waals surface area contributed by atoms with Crippen molar-refractivity contribution < 1.29 is 22.8 Å². The fourth-order valence-electron chi connectivity index (χ4n) is 1.73. The molecular formula is C15H12F3N3O2. The highest BCUT2D eigenvalue weighted by Gasteiger charge is 2.38. The van der Waals surface area contributed by atoms with Gasteiger partial charge in [0.1, 0.15) is 5.69 Å². The van der Waals surface area contributed by atoms with E-state index >= 15 is 0 Å². The lowest BCUT2D eigenvalue weighted by atomic mass is 10.2. The van der Waals surface area contributed by atoms with Crippen LogP contribution in [0.3, 0.4) is 0 Å². The summed E-state index contributed by atoms with van der Waals surface area (Å²) in [5.74, 6) is -2.46. The van der Waals surface area contributed by atoms with Gasteiger partial charge in [-0.05, 0) is 29.8 Å². The van der Waals surface area contributed by atoms with Crippen LogP contribution >= 0.6 is 0 Å². The summed E-state index contributed by atoms with van der Waals surface area (Å²) in [6, 6.07) is 10.6. The summed E-state index contributed by atoms with van der Waals surface area (Å²) in [6.45, 7) is 0.0884. The van der Waals surface area contributed by atoms with E-state index in [4.69, 9.17) is 0 Å². The van der Waals surface area contributed by atoms with Crippen molar-refractivity contribution in [3.63, 3.8) is 0 Å². The van der Waals surface area contributed by atoms with E-state index in [1.807, 2.05) is 0 Å². The molecule has 0 unspecified atom stereocenters. The van der Waals surface area contributed by atoms with Crippen molar-refractivity contribution in [3.8, 4) is 0 Å². The molecule has 1 heterocycles. The lowest BCUT2D eigenvalue weighted by molar-refractivity contribution is -0.167. The predicted octanol–water partition coefficient (Wildman–Crippen LogP) is 2.51. The van der Waals surface area contributed by atoms with Gasteiger partial charge in [0, 0.05) is 18.4 Å². The number of alkyl halides is 3. The average Bonchev–Trinajstić information content (AvgIpc) is 2.53. The van der Waals surface area contributed by atoms with Crippen molar-refractivity contribution in [1.29, 1.82) is 0 Å². The number of nitrogens with one attached hydrogen (secondary N) is 2. The first-order valence-corrected chi connectivity index (χ1v) is 6.52. The first-order valence-electron chi connectivity index (χ1n) is 6.52. The second-order valence-electron chi connectivity index (χ2n) is 4.55. The number of amides is 2. The summed E-state index contributed by atoms with van der Waals surface area (Å²) in [6.07, 6.45) is -3.48. The fourth-order valence-corrected chi connectivity index (χ4v) is 1.73. The number of hydrogen-bond donors (Lipinski definition) is 2. The quantitative estimate of drug-likeness (QED) is 0.908. The van der Waals surface area contributed by atoms with Crippen molar-refractivity contribution in [1.82, 2.24) is 10.3 Å². The van der Waals surface area contributed by atoms with Gasteiger partial charge in [0.05, 0.1) is 0 Å². The number of nitrogens with zero attached hydrogens (tertiary/aromatic N) is 1. The van der Waals surface area contributed by atoms with Crippen LogP contribution in [0.1, 0.15) is 16.1 Å². The number of aromatic nitrogens is 1. The molecule has 0 saturated heterocycles. The molecule has 1 aromatic carbocycles. The summed E-state index contributed by atoms with van der Waals surface area (Å²) < 4.78 is 36.6. The molecule has 120 valence electrons. The van der Waals surface area contributed by atoms with E-state index in [0.717, 1.165) is 0 Å². The first-order chi connectivity index (χ1) is 10.9. The predicted molar refractivity (Wildman–Crippen MR) is 76.5 cm³/mol. The fraction of sp³-hybridized carbons (Fsp3) is 0.133. The van der Waals surface area contributed by atoms with Crippen molar-refractivity contribution >= 4 is 17.5 Å². The zero-order valence-electron chi connectivity index (χ0n) is 11.7. The smallest absolute Gasteiger partial charge is 0.347 e. The minimum atomic E-state index is -4.96. The van der Waals surface area contributed by atoms with Crippen molar-refractivity contribution in [2.24, 2.45) is 0 Å². The minimum absolute atomic E-state index is 0.00286. The third-order valence-electron chi connectivity index (χ3n) is 2.79. The van der Waals surface area contributed by atoms with E-state index in [0.29, 0.717) is 5.56 Å². The van der Waals surface area contributed by atoms with Crippen LogP contribution in [-0.2, 0) is 11.3 Å². The normalized spacial score (nSPS) is 10.9. The Kier molecular flexibility index (Phi) is 4.95. The Bertz CT molecular complexity index is 703. The first kappa shape index (κ1) is 16.5. The van der Waals surface area contributed by atoms with Gasteiger partial charge in [-0.25, -0.2) is 0 Å². The summed E-state index contributed by atoms with van der Waals surface area (Å²) in [5, 5.41) is 4.34. The molecule has 0 aliphatic carbocycles. The van der Waals surface area contributed by atoms with Crippen LogP contribution in [0.2, 0.25) is 0 Å². The van der Waals surface area contributed by atoms with Crippen LogP contribution in [0.5, 0.6) is 0 Å². The van der Waals surface area contributed by atoms with E-state index in [1.54, 1.807) is 23.5 Å². The van der Waals surface area contributed by atoms with E-state index < -0.39 is 18.0 Å². The highest BCUT2D eigenvalue weighted by atomic mass is 19.4. The van der Waals surface area contributed by atoms with Gasteiger partial charge in [0.25, 0.3) is 5.91 Å². The van der Waals surface area contributed by atoms with E-state index in [9.17, 15) is 22.8 Å². The molecule has 2 amide bonds. The highest BCUT2D eigenvalue weighted by Crippen LogP contribution is 2.18. The van der Waals surface area contributed by atoms with Gasteiger partial charge in [0.15, 0.2) is 0 Å². The number of halogens is 3. The van der Waals surface area contributed by atoms with Crippen molar-refractivity contribution in [3.05, 3.63) is 59.9 Å². The van der Waals surface area contributed by atoms with Crippen LogP contribution in [-0.4, -0.2) is 23.0 Å². The monoisotopic (exact) mass is 323 g/mol. The van der Waals surface area contributed by atoms with E-state index in [1.165, 1.54) is 30.5 Å². The molecule has 0 atom stereocenters. The molecule has 0 spiro atoms. The molecule has 0 fully saturated rings. The van der Waals surface area contributed by atoms with E-state index in [2.05, 4.69) is 10.3 Å². The molecule has 0 radical (unpaired) electrons. The van der Waals surface area contributed by atoms with Crippen molar-refractivity contribution in [2.45, 2.75) is 12.7 Å². The number of pyridine rings is 1. The number of anilines is 1.